The molecule has 1 aromatic carbocycles. The molecule has 0 radical (unpaired) electrons. The summed E-state index contributed by atoms with van der Waals surface area (Å²) in [5.74, 6) is 1.18. The maximum atomic E-state index is 13.2. The van der Waals surface area contributed by atoms with E-state index in [1.807, 2.05) is 0 Å². The Morgan fingerprint density at radius 1 is 1.06 bits per heavy atom. The zero-order valence-electron chi connectivity index (χ0n) is 19.1. The summed E-state index contributed by atoms with van der Waals surface area (Å²) in [5, 5.41) is 0. The van der Waals surface area contributed by atoms with Crippen molar-refractivity contribution in [1.29, 1.82) is 0 Å². The Morgan fingerprint density at radius 2 is 1.82 bits per heavy atom. The highest BCUT2D eigenvalue weighted by molar-refractivity contribution is 7.91. The number of ketones is 1. The van der Waals surface area contributed by atoms with Crippen molar-refractivity contribution < 1.29 is 27.5 Å². The van der Waals surface area contributed by atoms with Gasteiger partial charge in [-0.15, -0.1) is 0 Å². The van der Waals surface area contributed by atoms with Gasteiger partial charge < -0.3 is 14.4 Å². The van der Waals surface area contributed by atoms with Gasteiger partial charge in [-0.1, -0.05) is 19.3 Å². The minimum Gasteiger partial charge on any atom is -0.486 e. The zero-order valence-corrected chi connectivity index (χ0v) is 19.9. The van der Waals surface area contributed by atoms with Gasteiger partial charge in [-0.3, -0.25) is 9.59 Å². The molecule has 2 saturated carbocycles. The van der Waals surface area contributed by atoms with Gasteiger partial charge in [0, 0.05) is 18.2 Å². The maximum Gasteiger partial charge on any atom is 0.261 e. The van der Waals surface area contributed by atoms with E-state index < -0.39 is 15.4 Å². The van der Waals surface area contributed by atoms with Crippen molar-refractivity contribution >= 4 is 21.5 Å². The fourth-order valence-electron chi connectivity index (χ4n) is 6.14. The van der Waals surface area contributed by atoms with Gasteiger partial charge in [0.15, 0.2) is 22.2 Å². The highest BCUT2D eigenvalue weighted by Crippen LogP contribution is 2.43. The maximum absolute atomic E-state index is 13.2. The lowest BCUT2D eigenvalue weighted by molar-refractivity contribution is -0.137. The molecule has 5 rings (SSSR count). The molecular weight excluding hydrogens is 442 g/mol. The minimum atomic E-state index is -3.08. The lowest BCUT2D eigenvalue weighted by Crippen LogP contribution is -2.48. The molecule has 0 aromatic heterocycles. The fraction of sp³-hybridized carbons (Fsp3) is 0.680. The highest BCUT2D eigenvalue weighted by Gasteiger charge is 2.42. The number of amides is 1. The van der Waals surface area contributed by atoms with Crippen LogP contribution in [0.2, 0.25) is 0 Å². The van der Waals surface area contributed by atoms with Gasteiger partial charge in [-0.05, 0) is 57.1 Å². The Bertz CT molecular complexity index is 1020. The topological polar surface area (TPSA) is 90.0 Å². The summed E-state index contributed by atoms with van der Waals surface area (Å²) in [5.41, 5.74) is 0.179. The molecule has 7 nitrogen and oxygen atoms in total. The third kappa shape index (κ3) is 4.77. The molecule has 3 fully saturated rings. The van der Waals surface area contributed by atoms with Crippen molar-refractivity contribution in [1.82, 2.24) is 4.90 Å². The van der Waals surface area contributed by atoms with Crippen molar-refractivity contribution in [3.05, 3.63) is 23.8 Å². The van der Waals surface area contributed by atoms with E-state index in [1.54, 1.807) is 23.1 Å². The van der Waals surface area contributed by atoms with Crippen LogP contribution in [0.3, 0.4) is 0 Å². The highest BCUT2D eigenvalue weighted by atomic mass is 32.2. The van der Waals surface area contributed by atoms with Crippen LogP contribution in [-0.4, -0.2) is 60.8 Å². The van der Waals surface area contributed by atoms with Crippen LogP contribution in [0.25, 0.3) is 0 Å². The molecule has 1 saturated heterocycles. The van der Waals surface area contributed by atoms with Crippen LogP contribution in [0.5, 0.6) is 11.5 Å². The molecule has 0 bridgehead atoms. The van der Waals surface area contributed by atoms with Gasteiger partial charge in [0.25, 0.3) is 5.91 Å². The second-order valence-electron chi connectivity index (χ2n) is 10.2. The quantitative estimate of drug-likeness (QED) is 0.645. The van der Waals surface area contributed by atoms with Crippen molar-refractivity contribution in [2.75, 3.05) is 18.1 Å². The van der Waals surface area contributed by atoms with Gasteiger partial charge in [-0.2, -0.15) is 0 Å². The van der Waals surface area contributed by atoms with Gasteiger partial charge in [-0.25, -0.2) is 8.42 Å². The van der Waals surface area contributed by atoms with Crippen molar-refractivity contribution in [3.8, 4) is 11.5 Å². The molecule has 2 aliphatic heterocycles. The van der Waals surface area contributed by atoms with Gasteiger partial charge in [0.1, 0.15) is 17.1 Å². The summed E-state index contributed by atoms with van der Waals surface area (Å²) >= 11 is 0. The van der Waals surface area contributed by atoms with E-state index in [2.05, 4.69) is 0 Å². The first-order valence-electron chi connectivity index (χ1n) is 12.3. The number of carbonyl (C=O) groups is 2. The molecule has 33 heavy (non-hydrogen) atoms. The lowest BCUT2D eigenvalue weighted by Gasteiger charge is -2.40. The standard InChI is InChI=1S/C25H33NO6S/c27-22-15-25(11-4-1-5-12-25)32-23-14-20(8-9-21(22)23)31-16-24(28)26(18-6-2-3-7-18)19-10-13-33(29,30)17-19/h8-9,14,18-19H,1-7,10-13,15-17H2/t19-/m0/s1. The van der Waals surface area contributed by atoms with Crippen LogP contribution in [-0.2, 0) is 14.6 Å². The van der Waals surface area contributed by atoms with Crippen LogP contribution in [0.4, 0.5) is 0 Å². The SMILES string of the molecule is O=C1CC2(CCCCC2)Oc2cc(OCC(=O)N(C3CCCC3)[C@H]3CCS(=O)(=O)C3)ccc21. The molecule has 0 N–H and O–H groups in total. The third-order valence-corrected chi connectivity index (χ3v) is 9.55. The molecule has 2 heterocycles. The average Bonchev–Trinajstić information content (AvgIpc) is 3.42. The molecular formula is C25H33NO6S. The molecule has 2 aliphatic carbocycles. The predicted octanol–water partition coefficient (Wildman–Crippen LogP) is 3.69. The van der Waals surface area contributed by atoms with Crippen LogP contribution >= 0.6 is 0 Å². The van der Waals surface area contributed by atoms with Gasteiger partial charge in [0.2, 0.25) is 0 Å². The van der Waals surface area contributed by atoms with E-state index in [-0.39, 0.29) is 41.9 Å². The first kappa shape index (κ1) is 22.7. The van der Waals surface area contributed by atoms with E-state index in [0.29, 0.717) is 29.9 Å². The average molecular weight is 476 g/mol. The summed E-state index contributed by atoms with van der Waals surface area (Å²) in [4.78, 5) is 27.7. The molecule has 1 amide bonds. The van der Waals surface area contributed by atoms with Crippen LogP contribution in [0.1, 0.15) is 81.0 Å². The zero-order chi connectivity index (χ0) is 23.1. The number of hydrogen-bond donors (Lipinski definition) is 0. The van der Waals surface area contributed by atoms with Crippen molar-refractivity contribution in [2.45, 2.75) is 88.3 Å². The number of Topliss-reactive ketones (excluding diaryl/α,β-unsaturated/α-hetero) is 1. The summed E-state index contributed by atoms with van der Waals surface area (Å²) in [6, 6.07) is 5.01. The summed E-state index contributed by atoms with van der Waals surface area (Å²) in [6.07, 6.45) is 9.99. The number of nitrogens with zero attached hydrogens (tertiary/aromatic N) is 1. The van der Waals surface area contributed by atoms with Crippen molar-refractivity contribution in [3.63, 3.8) is 0 Å². The lowest BCUT2D eigenvalue weighted by atomic mass is 9.78. The molecule has 180 valence electrons. The number of fused-ring (bicyclic) bond motifs is 1. The van der Waals surface area contributed by atoms with Crippen LogP contribution in [0.15, 0.2) is 18.2 Å². The molecule has 1 aromatic rings. The number of rotatable bonds is 5. The largest absolute Gasteiger partial charge is 0.486 e. The van der Waals surface area contributed by atoms with E-state index >= 15 is 0 Å². The Kier molecular flexibility index (Phi) is 6.14. The third-order valence-electron chi connectivity index (χ3n) is 7.80. The Labute approximate surface area is 195 Å². The first-order chi connectivity index (χ1) is 15.8. The van der Waals surface area contributed by atoms with E-state index in [4.69, 9.17) is 9.47 Å². The summed E-state index contributed by atoms with van der Waals surface area (Å²) in [7, 11) is -3.08. The van der Waals surface area contributed by atoms with E-state index in [0.717, 1.165) is 51.4 Å². The second kappa shape index (κ2) is 8.93. The number of carbonyl (C=O) groups excluding carboxylic acids is 2. The number of ether oxygens (including phenoxy) is 2. The van der Waals surface area contributed by atoms with Crippen molar-refractivity contribution in [2.24, 2.45) is 0 Å². The Hall–Kier alpha value is -2.09. The smallest absolute Gasteiger partial charge is 0.261 e. The minimum absolute atomic E-state index is 0.0477. The number of benzene rings is 1. The van der Waals surface area contributed by atoms with Crippen LogP contribution < -0.4 is 9.47 Å². The molecule has 4 aliphatic rings. The van der Waals surface area contributed by atoms with E-state index in [9.17, 15) is 18.0 Å². The predicted molar refractivity (Wildman–Crippen MR) is 123 cm³/mol. The molecule has 1 spiro atoms. The summed E-state index contributed by atoms with van der Waals surface area (Å²) < 4.78 is 36.3. The fourth-order valence-corrected chi connectivity index (χ4v) is 7.85. The number of sulfone groups is 1. The monoisotopic (exact) mass is 475 g/mol. The van der Waals surface area contributed by atoms with Gasteiger partial charge in [0.05, 0.1) is 23.5 Å². The van der Waals surface area contributed by atoms with E-state index in [1.165, 1.54) is 6.42 Å². The number of hydrogen-bond acceptors (Lipinski definition) is 6. The molecule has 8 heteroatoms. The second-order valence-corrected chi connectivity index (χ2v) is 12.4. The van der Waals surface area contributed by atoms with Gasteiger partial charge >= 0.3 is 0 Å². The molecule has 1 atom stereocenters. The normalized spacial score (nSPS) is 26.1. The first-order valence-corrected chi connectivity index (χ1v) is 14.2. The summed E-state index contributed by atoms with van der Waals surface area (Å²) in [6.45, 7) is -0.148. The molecule has 0 unspecified atom stereocenters. The Balaban J connectivity index is 1.29. The Morgan fingerprint density at radius 3 is 2.52 bits per heavy atom. The van der Waals surface area contributed by atoms with Crippen LogP contribution in [0, 0.1) is 0 Å².